The van der Waals surface area contributed by atoms with Crippen molar-refractivity contribution < 1.29 is 37.5 Å². The van der Waals surface area contributed by atoms with Gasteiger partial charge in [0.05, 0.1) is 88.3 Å². The van der Waals surface area contributed by atoms with E-state index in [1.807, 2.05) is 109 Å². The molecule has 0 bridgehead atoms. The molecule has 1 atom stereocenters. The number of benzene rings is 6. The second-order valence-electron chi connectivity index (χ2n) is 17.9. The van der Waals surface area contributed by atoms with E-state index in [2.05, 4.69) is 99.1 Å². The van der Waals surface area contributed by atoms with E-state index in [4.69, 9.17) is 52.7 Å². The summed E-state index contributed by atoms with van der Waals surface area (Å²) in [5, 5.41) is 11.0. The van der Waals surface area contributed by atoms with Crippen molar-refractivity contribution in [3.63, 3.8) is 0 Å². The lowest BCUT2D eigenvalue weighted by molar-refractivity contribution is -0.0271. The Bertz CT molecular complexity index is 2960. The molecule has 0 saturated heterocycles. The van der Waals surface area contributed by atoms with Crippen molar-refractivity contribution >= 4 is 30.3 Å². The maximum atomic E-state index is 8.96. The van der Waals surface area contributed by atoms with Gasteiger partial charge in [-0.25, -0.2) is 14.6 Å². The highest BCUT2D eigenvalue weighted by molar-refractivity contribution is 7.44. The predicted octanol–water partition coefficient (Wildman–Crippen LogP) is 13.2. The highest BCUT2D eigenvalue weighted by Gasteiger charge is 2.37. The molecule has 0 fully saturated rings. The molecular formula is C61H65N4O8P. The third-order valence-corrected chi connectivity index (χ3v) is 14.4. The quantitative estimate of drug-likeness (QED) is 0.0201. The fourth-order valence-electron chi connectivity index (χ4n) is 8.84. The van der Waals surface area contributed by atoms with Gasteiger partial charge in [-0.1, -0.05) is 97.1 Å². The van der Waals surface area contributed by atoms with Crippen LogP contribution in [0.15, 0.2) is 170 Å². The van der Waals surface area contributed by atoms with Crippen molar-refractivity contribution in [1.29, 1.82) is 5.26 Å². The van der Waals surface area contributed by atoms with Gasteiger partial charge in [-0.3, -0.25) is 0 Å². The lowest BCUT2D eigenvalue weighted by Gasteiger charge is -2.36. The third kappa shape index (κ3) is 13.7. The Labute approximate surface area is 436 Å². The second kappa shape index (κ2) is 27.0. The van der Waals surface area contributed by atoms with E-state index in [9.17, 15) is 0 Å². The molecule has 0 N–H and O–H groups in total. The summed E-state index contributed by atoms with van der Waals surface area (Å²) in [7, 11) is 0.374. The summed E-state index contributed by atoms with van der Waals surface area (Å²) in [6.45, 7) is 11.9. The lowest BCUT2D eigenvalue weighted by atomic mass is 9.80. The first-order valence-corrected chi connectivity index (χ1v) is 26.3. The Morgan fingerprint density at radius 2 is 0.919 bits per heavy atom. The molecule has 382 valence electrons. The zero-order chi connectivity index (χ0) is 51.5. The van der Waals surface area contributed by atoms with Crippen LogP contribution >= 0.6 is 8.53 Å². The van der Waals surface area contributed by atoms with Gasteiger partial charge in [-0.05, 0) is 117 Å². The van der Waals surface area contributed by atoms with Gasteiger partial charge < -0.3 is 37.5 Å². The van der Waals surface area contributed by atoms with Crippen LogP contribution in [0.25, 0.3) is 44.3 Å². The number of aromatic nitrogens is 2. The summed E-state index contributed by atoms with van der Waals surface area (Å²) in [6.07, 6.45) is 0.323. The Kier molecular flexibility index (Phi) is 19.5. The van der Waals surface area contributed by atoms with E-state index < -0.39 is 14.1 Å². The molecule has 6 aromatic carbocycles. The van der Waals surface area contributed by atoms with Crippen molar-refractivity contribution in [3.8, 4) is 45.8 Å². The summed E-state index contributed by atoms with van der Waals surface area (Å²) in [5.74, 6) is 2.27. The fourth-order valence-corrected chi connectivity index (χ4v) is 10.4. The van der Waals surface area contributed by atoms with Crippen LogP contribution in [0.1, 0.15) is 50.8 Å². The Hall–Kier alpha value is -6.78. The molecule has 1 unspecified atom stereocenters. The van der Waals surface area contributed by atoms with Gasteiger partial charge in [0.1, 0.15) is 36.1 Å². The largest absolute Gasteiger partial charge is 0.497 e. The van der Waals surface area contributed by atoms with Crippen molar-refractivity contribution in [1.82, 2.24) is 14.6 Å². The number of nitrogens with zero attached hydrogens (tertiary/aromatic N) is 4. The molecular weight excluding hydrogens is 948 g/mol. The summed E-state index contributed by atoms with van der Waals surface area (Å²) >= 11 is 0. The molecule has 0 aliphatic rings. The van der Waals surface area contributed by atoms with Crippen LogP contribution in [-0.4, -0.2) is 93.3 Å². The minimum absolute atomic E-state index is 0.240. The second-order valence-corrected chi connectivity index (χ2v) is 19.4. The number of hydrogen-bond acceptors (Lipinski definition) is 12. The zero-order valence-corrected chi connectivity index (χ0v) is 43.8. The predicted molar refractivity (Wildman–Crippen MR) is 293 cm³/mol. The third-order valence-electron chi connectivity index (χ3n) is 12.3. The Morgan fingerprint density at radius 1 is 0.486 bits per heavy atom. The molecule has 0 aliphatic heterocycles. The van der Waals surface area contributed by atoms with Gasteiger partial charge in [0.15, 0.2) is 0 Å². The number of nitriles is 1. The maximum absolute atomic E-state index is 8.96. The van der Waals surface area contributed by atoms with E-state index >= 15 is 0 Å². The molecule has 74 heavy (non-hydrogen) atoms. The molecule has 13 heteroatoms. The number of fused-ring (bicyclic) bond motifs is 3. The average Bonchev–Trinajstić information content (AvgIpc) is 3.44. The SMILES string of the molecule is COc1ccc(C(OCCOCCOc2ccc(-c3ccc4ccc5ccc(-c6ccc(OCCOCCOP(OCCC#N)N(C(C)C)C(C)C)cc6)nc5c4n3)cc2)(c2ccccc2)c2ccccc2)cc1. The minimum Gasteiger partial charge on any atom is -0.497 e. The highest BCUT2D eigenvalue weighted by Crippen LogP contribution is 2.46. The van der Waals surface area contributed by atoms with Gasteiger partial charge in [-0.2, -0.15) is 5.26 Å². The standard InChI is InChI=1S/C61H65N4O8P/c1-45(2)65(46(3)4)74(72-36-12-35-62)73-44-40-68-38-42-70-56-29-21-48(22-30-56)58-34-24-50-18-17-49-23-33-57(63-59(49)60(50)64-58)47-19-27-55(28-20-47)69-41-37-67-39-43-71-61(51-13-8-6-9-14-51,52-15-10-7-11-16-52)53-25-31-54(66-5)32-26-53/h6-11,13-34,45-46H,12,36-44H2,1-5H3. The number of methoxy groups -OCH3 is 1. The van der Waals surface area contributed by atoms with E-state index in [0.717, 1.165) is 78.3 Å². The number of ether oxygens (including phenoxy) is 6. The van der Waals surface area contributed by atoms with Crippen molar-refractivity contribution in [3.05, 3.63) is 187 Å². The monoisotopic (exact) mass is 1010 g/mol. The smallest absolute Gasteiger partial charge is 0.259 e. The maximum Gasteiger partial charge on any atom is 0.259 e. The molecule has 0 radical (unpaired) electrons. The molecule has 8 aromatic rings. The normalized spacial score (nSPS) is 12.1. The summed E-state index contributed by atoms with van der Waals surface area (Å²) in [5.41, 5.74) is 7.50. The van der Waals surface area contributed by atoms with Gasteiger partial charge in [0.25, 0.3) is 8.53 Å². The average molecular weight is 1010 g/mol. The van der Waals surface area contributed by atoms with E-state index in [1.54, 1.807) is 7.11 Å². The highest BCUT2D eigenvalue weighted by atomic mass is 31.2. The molecule has 0 saturated carbocycles. The topological polar surface area (TPSA) is 127 Å². The number of pyridine rings is 2. The van der Waals surface area contributed by atoms with Crippen LogP contribution in [0.5, 0.6) is 17.2 Å². The zero-order valence-electron chi connectivity index (χ0n) is 42.9. The first kappa shape index (κ1) is 53.5. The fraction of sp³-hybridized carbons (Fsp3) is 0.295. The first-order chi connectivity index (χ1) is 36.3. The summed E-state index contributed by atoms with van der Waals surface area (Å²) < 4.78 is 50.6. The number of rotatable bonds is 28. The summed E-state index contributed by atoms with van der Waals surface area (Å²) in [4.78, 5) is 10.3. The van der Waals surface area contributed by atoms with Crippen LogP contribution < -0.4 is 14.2 Å². The van der Waals surface area contributed by atoms with Crippen LogP contribution in [0, 0.1) is 11.3 Å². The minimum atomic E-state index is -1.30. The number of hydrogen-bond donors (Lipinski definition) is 0. The molecule has 0 spiro atoms. The van der Waals surface area contributed by atoms with Gasteiger partial charge in [0.2, 0.25) is 0 Å². The van der Waals surface area contributed by atoms with Gasteiger partial charge in [0, 0.05) is 34.0 Å². The molecule has 0 amide bonds. The Balaban J connectivity index is 0.822. The molecule has 2 heterocycles. The molecule has 12 nitrogen and oxygen atoms in total. The van der Waals surface area contributed by atoms with Crippen molar-refractivity contribution in [2.45, 2.75) is 51.8 Å². The molecule has 0 aliphatic carbocycles. The first-order valence-electron chi connectivity index (χ1n) is 25.2. The van der Waals surface area contributed by atoms with Crippen molar-refractivity contribution in [2.75, 3.05) is 66.6 Å². The molecule has 8 rings (SSSR count). The van der Waals surface area contributed by atoms with E-state index in [1.165, 1.54) is 0 Å². The van der Waals surface area contributed by atoms with Crippen LogP contribution in [0.3, 0.4) is 0 Å². The van der Waals surface area contributed by atoms with E-state index in [-0.39, 0.29) is 12.1 Å². The van der Waals surface area contributed by atoms with Crippen LogP contribution in [-0.2, 0) is 28.9 Å². The van der Waals surface area contributed by atoms with Crippen molar-refractivity contribution in [2.24, 2.45) is 0 Å². The van der Waals surface area contributed by atoms with Gasteiger partial charge >= 0.3 is 0 Å². The van der Waals surface area contributed by atoms with Crippen LogP contribution in [0.2, 0.25) is 0 Å². The lowest BCUT2D eigenvalue weighted by Crippen LogP contribution is -2.34. The van der Waals surface area contributed by atoms with Crippen LogP contribution in [0.4, 0.5) is 0 Å². The summed E-state index contributed by atoms with van der Waals surface area (Å²) in [6, 6.07) is 59.6. The Morgan fingerprint density at radius 3 is 1.39 bits per heavy atom. The van der Waals surface area contributed by atoms with E-state index in [0.29, 0.717) is 65.9 Å². The van der Waals surface area contributed by atoms with Gasteiger partial charge in [-0.15, -0.1) is 0 Å². The molecule has 2 aromatic heterocycles.